The highest BCUT2D eigenvalue weighted by molar-refractivity contribution is 5.79. The number of nitrogens with zero attached hydrogens (tertiary/aromatic N) is 2. The van der Waals surface area contributed by atoms with Gasteiger partial charge in [0.15, 0.2) is 0 Å². The minimum Gasteiger partial charge on any atom is -0.471 e. The molecule has 5 nitrogen and oxygen atoms in total. The monoisotopic (exact) mass is 409 g/mol. The third-order valence-electron chi connectivity index (χ3n) is 5.53. The molecule has 1 N–H and O–H groups in total. The van der Waals surface area contributed by atoms with E-state index in [0.717, 1.165) is 22.0 Å². The van der Waals surface area contributed by atoms with Gasteiger partial charge in [-0.3, -0.25) is 0 Å². The van der Waals surface area contributed by atoms with Crippen molar-refractivity contribution in [3.8, 4) is 5.88 Å². The summed E-state index contributed by atoms with van der Waals surface area (Å²) in [5.74, 6) is 0.593. The molecule has 3 aromatic carbocycles. The standard InChI is InChI=1S/C26H23N3O2/c30-26(28-25(20-10-3-1-4-11-20)21-12-5-2-6-13-21)29-17-22(18-29)31-24-16-15-19-9-7-8-14-23(19)27-24/h1-16,22,25H,17-18H2,(H,28,30). The molecule has 1 aliphatic rings. The average molecular weight is 409 g/mol. The Morgan fingerprint density at radius 2 is 1.45 bits per heavy atom. The second-order valence-corrected chi connectivity index (χ2v) is 7.69. The molecule has 5 heteroatoms. The maximum Gasteiger partial charge on any atom is 0.318 e. The Morgan fingerprint density at radius 3 is 2.13 bits per heavy atom. The molecule has 0 aliphatic carbocycles. The molecule has 0 unspecified atom stereocenters. The SMILES string of the molecule is O=C(NC(c1ccccc1)c1ccccc1)N1CC(Oc2ccc3ccccc3n2)C1. The lowest BCUT2D eigenvalue weighted by molar-refractivity contribution is 0.0410. The van der Waals surface area contributed by atoms with Crippen LogP contribution in [-0.4, -0.2) is 35.1 Å². The second-order valence-electron chi connectivity index (χ2n) is 7.69. The molecular formula is C26H23N3O2. The summed E-state index contributed by atoms with van der Waals surface area (Å²) in [5, 5.41) is 4.26. The molecule has 0 atom stereocenters. The molecule has 1 aliphatic heterocycles. The van der Waals surface area contributed by atoms with Crippen molar-refractivity contribution in [3.63, 3.8) is 0 Å². The quantitative estimate of drug-likeness (QED) is 0.515. The number of benzene rings is 3. The smallest absolute Gasteiger partial charge is 0.318 e. The zero-order valence-corrected chi connectivity index (χ0v) is 17.0. The first-order valence-electron chi connectivity index (χ1n) is 10.4. The van der Waals surface area contributed by atoms with Gasteiger partial charge in [0.1, 0.15) is 6.10 Å². The minimum absolute atomic E-state index is 0.0497. The summed E-state index contributed by atoms with van der Waals surface area (Å²) in [6.07, 6.45) is -0.0497. The Morgan fingerprint density at radius 1 is 0.839 bits per heavy atom. The number of nitrogens with one attached hydrogen (secondary N) is 1. The lowest BCUT2D eigenvalue weighted by atomic mass is 9.99. The van der Waals surface area contributed by atoms with Crippen LogP contribution in [-0.2, 0) is 0 Å². The van der Waals surface area contributed by atoms with Gasteiger partial charge in [-0.15, -0.1) is 0 Å². The van der Waals surface area contributed by atoms with E-state index in [9.17, 15) is 4.79 Å². The molecule has 2 amide bonds. The lowest BCUT2D eigenvalue weighted by Crippen LogP contribution is -2.59. The van der Waals surface area contributed by atoms with Gasteiger partial charge >= 0.3 is 6.03 Å². The summed E-state index contributed by atoms with van der Waals surface area (Å²) in [4.78, 5) is 19.2. The van der Waals surface area contributed by atoms with E-state index in [0.29, 0.717) is 19.0 Å². The molecular weight excluding hydrogens is 386 g/mol. The molecule has 1 fully saturated rings. The number of fused-ring (bicyclic) bond motifs is 1. The molecule has 0 spiro atoms. The van der Waals surface area contributed by atoms with E-state index in [4.69, 9.17) is 4.74 Å². The van der Waals surface area contributed by atoms with Crippen molar-refractivity contribution < 1.29 is 9.53 Å². The molecule has 0 bridgehead atoms. The third kappa shape index (κ3) is 4.21. The number of pyridine rings is 1. The number of hydrogen-bond donors (Lipinski definition) is 1. The highest BCUT2D eigenvalue weighted by Crippen LogP contribution is 2.24. The maximum atomic E-state index is 12.9. The van der Waals surface area contributed by atoms with Crippen molar-refractivity contribution in [1.82, 2.24) is 15.2 Å². The van der Waals surface area contributed by atoms with E-state index in [1.54, 1.807) is 4.90 Å². The van der Waals surface area contributed by atoms with Gasteiger partial charge in [0, 0.05) is 11.5 Å². The van der Waals surface area contributed by atoms with Crippen molar-refractivity contribution in [2.75, 3.05) is 13.1 Å². The van der Waals surface area contributed by atoms with E-state index in [1.165, 1.54) is 0 Å². The number of ether oxygens (including phenoxy) is 1. The van der Waals surface area contributed by atoms with Crippen LogP contribution >= 0.6 is 0 Å². The van der Waals surface area contributed by atoms with E-state index in [-0.39, 0.29) is 18.2 Å². The van der Waals surface area contributed by atoms with Crippen LogP contribution in [0.5, 0.6) is 5.88 Å². The van der Waals surface area contributed by atoms with Crippen LogP contribution in [0.1, 0.15) is 17.2 Å². The molecule has 0 radical (unpaired) electrons. The number of aromatic nitrogens is 1. The Kier molecular flexibility index (Phi) is 5.23. The molecule has 2 heterocycles. The third-order valence-corrected chi connectivity index (χ3v) is 5.53. The Labute approximate surface area is 181 Å². The number of rotatable bonds is 5. The normalized spacial score (nSPS) is 13.8. The van der Waals surface area contributed by atoms with Gasteiger partial charge in [-0.05, 0) is 23.3 Å². The van der Waals surface area contributed by atoms with Crippen LogP contribution in [0.25, 0.3) is 10.9 Å². The minimum atomic E-state index is -0.197. The highest BCUT2D eigenvalue weighted by Gasteiger charge is 2.33. The molecule has 0 saturated carbocycles. The van der Waals surface area contributed by atoms with Crippen molar-refractivity contribution >= 4 is 16.9 Å². The van der Waals surface area contributed by atoms with Crippen LogP contribution in [0, 0.1) is 0 Å². The predicted molar refractivity (Wildman–Crippen MR) is 121 cm³/mol. The second kappa shape index (κ2) is 8.48. The van der Waals surface area contributed by atoms with Crippen molar-refractivity contribution in [3.05, 3.63) is 108 Å². The summed E-state index contributed by atoms with van der Waals surface area (Å²) in [6.45, 7) is 1.08. The Balaban J connectivity index is 1.22. The van der Waals surface area contributed by atoms with E-state index >= 15 is 0 Å². The Bertz CT molecular complexity index is 1140. The fraction of sp³-hybridized carbons (Fsp3) is 0.154. The first-order valence-corrected chi connectivity index (χ1v) is 10.4. The van der Waals surface area contributed by atoms with Crippen LogP contribution < -0.4 is 10.1 Å². The molecule has 1 aromatic heterocycles. The number of likely N-dealkylation sites (tertiary alicyclic amines) is 1. The fourth-order valence-corrected chi connectivity index (χ4v) is 3.83. The number of para-hydroxylation sites is 1. The number of carbonyl (C=O) groups excluding carboxylic acids is 1. The molecule has 31 heavy (non-hydrogen) atoms. The maximum absolute atomic E-state index is 12.9. The number of hydrogen-bond acceptors (Lipinski definition) is 3. The van der Waals surface area contributed by atoms with Gasteiger partial charge < -0.3 is 15.0 Å². The lowest BCUT2D eigenvalue weighted by Gasteiger charge is -2.39. The number of amides is 2. The van der Waals surface area contributed by atoms with Gasteiger partial charge in [-0.25, -0.2) is 9.78 Å². The molecule has 5 rings (SSSR count). The first kappa shape index (κ1) is 19.1. The fourth-order valence-electron chi connectivity index (χ4n) is 3.83. The summed E-state index contributed by atoms with van der Waals surface area (Å²) in [5.41, 5.74) is 3.01. The predicted octanol–water partition coefficient (Wildman–Crippen LogP) is 4.80. The van der Waals surface area contributed by atoms with E-state index < -0.39 is 0 Å². The summed E-state index contributed by atoms with van der Waals surface area (Å²) < 4.78 is 5.98. The van der Waals surface area contributed by atoms with E-state index in [2.05, 4.69) is 10.3 Å². The van der Waals surface area contributed by atoms with Crippen LogP contribution in [0.15, 0.2) is 97.1 Å². The zero-order chi connectivity index (χ0) is 21.0. The topological polar surface area (TPSA) is 54.5 Å². The van der Waals surface area contributed by atoms with Crippen molar-refractivity contribution in [1.29, 1.82) is 0 Å². The van der Waals surface area contributed by atoms with Gasteiger partial charge in [-0.1, -0.05) is 78.9 Å². The van der Waals surface area contributed by atoms with Crippen LogP contribution in [0.2, 0.25) is 0 Å². The first-order chi connectivity index (χ1) is 15.3. The van der Waals surface area contributed by atoms with Crippen LogP contribution in [0.3, 0.4) is 0 Å². The van der Waals surface area contributed by atoms with Crippen molar-refractivity contribution in [2.24, 2.45) is 0 Å². The average Bonchev–Trinajstić information content (AvgIpc) is 2.80. The zero-order valence-electron chi connectivity index (χ0n) is 17.0. The molecule has 154 valence electrons. The van der Waals surface area contributed by atoms with Gasteiger partial charge in [-0.2, -0.15) is 0 Å². The molecule has 4 aromatic rings. The van der Waals surface area contributed by atoms with Crippen LogP contribution in [0.4, 0.5) is 4.79 Å². The largest absolute Gasteiger partial charge is 0.471 e. The van der Waals surface area contributed by atoms with Crippen molar-refractivity contribution in [2.45, 2.75) is 12.1 Å². The summed E-state index contributed by atoms with van der Waals surface area (Å²) in [6, 6.07) is 31.6. The summed E-state index contributed by atoms with van der Waals surface area (Å²) in [7, 11) is 0. The van der Waals surface area contributed by atoms with E-state index in [1.807, 2.05) is 97.1 Å². The van der Waals surface area contributed by atoms with Gasteiger partial charge in [0.25, 0.3) is 0 Å². The summed E-state index contributed by atoms with van der Waals surface area (Å²) >= 11 is 0. The van der Waals surface area contributed by atoms with Gasteiger partial charge in [0.2, 0.25) is 5.88 Å². The number of carbonyl (C=O) groups is 1. The number of urea groups is 1. The van der Waals surface area contributed by atoms with Gasteiger partial charge in [0.05, 0.1) is 24.6 Å². The Hall–Kier alpha value is -3.86. The molecule has 1 saturated heterocycles. The highest BCUT2D eigenvalue weighted by atomic mass is 16.5.